The van der Waals surface area contributed by atoms with E-state index in [9.17, 15) is 9.59 Å². The monoisotopic (exact) mass is 467 g/mol. The van der Waals surface area contributed by atoms with Crippen LogP contribution in [0.3, 0.4) is 0 Å². The summed E-state index contributed by atoms with van der Waals surface area (Å²) in [7, 11) is 0. The van der Waals surface area contributed by atoms with Gasteiger partial charge < -0.3 is 19.9 Å². The Morgan fingerprint density at radius 2 is 1.91 bits per heavy atom. The number of amides is 2. The predicted molar refractivity (Wildman–Crippen MR) is 131 cm³/mol. The number of fused-ring (bicyclic) bond motifs is 2. The average molecular weight is 467 g/mol. The Labute approximate surface area is 199 Å². The maximum absolute atomic E-state index is 12.6. The molecule has 1 aliphatic rings. The standard InChI is InChI=1S/C25H21N7O3/c33-14-15-2-1-3-21-19(15)10-22(29-21)23-20-9-17(12-27-24(20)31-30-23)16-8-18(13-26-11-16)28-25(34)32-4-6-35-7-5-32/h1-3,8-14,29H,4-7H2,(H,28,34)(H,27,30,31). The molecule has 1 aromatic carbocycles. The lowest BCUT2D eigenvalue weighted by molar-refractivity contribution is 0.0564. The molecule has 10 heteroatoms. The zero-order valence-electron chi connectivity index (χ0n) is 18.6. The topological polar surface area (TPSA) is 129 Å². The fourth-order valence-electron chi connectivity index (χ4n) is 4.31. The molecule has 5 heterocycles. The molecule has 6 rings (SSSR count). The number of carbonyl (C=O) groups excluding carboxylic acids is 2. The van der Waals surface area contributed by atoms with E-state index >= 15 is 0 Å². The molecule has 174 valence electrons. The average Bonchev–Trinajstić information content (AvgIpc) is 3.53. The Morgan fingerprint density at radius 1 is 1.06 bits per heavy atom. The van der Waals surface area contributed by atoms with Crippen molar-refractivity contribution < 1.29 is 14.3 Å². The van der Waals surface area contributed by atoms with E-state index in [0.29, 0.717) is 48.9 Å². The van der Waals surface area contributed by atoms with Crippen LogP contribution >= 0.6 is 0 Å². The van der Waals surface area contributed by atoms with E-state index in [1.165, 1.54) is 0 Å². The van der Waals surface area contributed by atoms with Gasteiger partial charge in [0.2, 0.25) is 0 Å². The summed E-state index contributed by atoms with van der Waals surface area (Å²) < 4.78 is 5.31. The number of nitrogens with one attached hydrogen (secondary N) is 3. The Kier molecular flexibility index (Phi) is 5.19. The summed E-state index contributed by atoms with van der Waals surface area (Å²) in [6, 6.07) is 11.1. The molecule has 4 aromatic heterocycles. The summed E-state index contributed by atoms with van der Waals surface area (Å²) >= 11 is 0. The van der Waals surface area contributed by atoms with Crippen LogP contribution in [0.15, 0.2) is 55.0 Å². The largest absolute Gasteiger partial charge is 0.378 e. The second-order valence-corrected chi connectivity index (χ2v) is 8.29. The van der Waals surface area contributed by atoms with Crippen molar-refractivity contribution in [3.05, 3.63) is 60.6 Å². The van der Waals surface area contributed by atoms with Crippen LogP contribution in [0.2, 0.25) is 0 Å². The number of aldehydes is 1. The third-order valence-electron chi connectivity index (χ3n) is 6.12. The van der Waals surface area contributed by atoms with Crippen LogP contribution in [0.4, 0.5) is 10.5 Å². The number of hydrogen-bond donors (Lipinski definition) is 3. The van der Waals surface area contributed by atoms with Crippen LogP contribution in [0, 0.1) is 0 Å². The number of urea groups is 1. The maximum Gasteiger partial charge on any atom is 0.322 e. The molecule has 1 saturated heterocycles. The number of morpholine rings is 1. The molecule has 5 aromatic rings. The van der Waals surface area contributed by atoms with Crippen molar-refractivity contribution in [3.8, 4) is 22.5 Å². The van der Waals surface area contributed by atoms with Crippen molar-refractivity contribution in [3.63, 3.8) is 0 Å². The molecule has 3 N–H and O–H groups in total. The second kappa shape index (κ2) is 8.65. The van der Waals surface area contributed by atoms with Crippen LogP contribution < -0.4 is 5.32 Å². The number of H-pyrrole nitrogens is 2. The number of benzene rings is 1. The van der Waals surface area contributed by atoms with Crippen molar-refractivity contribution in [2.45, 2.75) is 0 Å². The van der Waals surface area contributed by atoms with Crippen LogP contribution in [-0.4, -0.2) is 68.7 Å². The van der Waals surface area contributed by atoms with Crippen LogP contribution in [0.1, 0.15) is 10.4 Å². The van der Waals surface area contributed by atoms with Gasteiger partial charge in [-0.1, -0.05) is 12.1 Å². The highest BCUT2D eigenvalue weighted by atomic mass is 16.5. The van der Waals surface area contributed by atoms with E-state index in [1.54, 1.807) is 29.6 Å². The van der Waals surface area contributed by atoms with Gasteiger partial charge in [0.15, 0.2) is 11.9 Å². The molecule has 0 bridgehead atoms. The van der Waals surface area contributed by atoms with Gasteiger partial charge in [-0.05, 0) is 24.3 Å². The highest BCUT2D eigenvalue weighted by Crippen LogP contribution is 2.31. The Balaban J connectivity index is 1.33. The minimum Gasteiger partial charge on any atom is -0.378 e. The number of nitrogens with zero attached hydrogens (tertiary/aromatic N) is 4. The van der Waals surface area contributed by atoms with Gasteiger partial charge in [-0.15, -0.1) is 0 Å². The van der Waals surface area contributed by atoms with Crippen molar-refractivity contribution in [1.82, 2.24) is 30.0 Å². The van der Waals surface area contributed by atoms with Gasteiger partial charge in [-0.2, -0.15) is 5.10 Å². The van der Waals surface area contributed by atoms with E-state index in [2.05, 4.69) is 30.5 Å². The number of anilines is 1. The predicted octanol–water partition coefficient (Wildman–Crippen LogP) is 3.84. The van der Waals surface area contributed by atoms with E-state index in [-0.39, 0.29) is 6.03 Å². The molecule has 2 amide bonds. The molecule has 0 radical (unpaired) electrons. The number of aromatic amines is 2. The number of aromatic nitrogens is 5. The van der Waals surface area contributed by atoms with Crippen LogP contribution in [-0.2, 0) is 4.74 Å². The zero-order valence-corrected chi connectivity index (χ0v) is 18.6. The summed E-state index contributed by atoms with van der Waals surface area (Å²) in [5.41, 5.74) is 5.84. The molecule has 0 aliphatic carbocycles. The Hall–Kier alpha value is -4.57. The van der Waals surface area contributed by atoms with Crippen molar-refractivity contribution >= 4 is 39.9 Å². The van der Waals surface area contributed by atoms with Gasteiger partial charge in [0.1, 0.15) is 5.69 Å². The lowest BCUT2D eigenvalue weighted by Gasteiger charge is -2.26. The first-order valence-corrected chi connectivity index (χ1v) is 11.2. The quantitative estimate of drug-likeness (QED) is 0.345. The summed E-state index contributed by atoms with van der Waals surface area (Å²) in [6.07, 6.45) is 5.93. The lowest BCUT2D eigenvalue weighted by Crippen LogP contribution is -2.43. The normalized spacial score (nSPS) is 13.9. The van der Waals surface area contributed by atoms with Gasteiger partial charge in [0.05, 0.1) is 30.8 Å². The molecule has 0 atom stereocenters. The number of hydrogen-bond acceptors (Lipinski definition) is 6. The van der Waals surface area contributed by atoms with E-state index in [4.69, 9.17) is 4.74 Å². The second-order valence-electron chi connectivity index (χ2n) is 8.29. The van der Waals surface area contributed by atoms with Crippen LogP contribution in [0.5, 0.6) is 0 Å². The minimum absolute atomic E-state index is 0.175. The fourth-order valence-corrected chi connectivity index (χ4v) is 4.31. The SMILES string of the molecule is O=Cc1cccc2[nH]c(-c3n[nH]c4ncc(-c5cncc(NC(=O)N6CCOCC6)c5)cc34)cc12. The third-order valence-corrected chi connectivity index (χ3v) is 6.12. The van der Waals surface area contributed by atoms with Crippen molar-refractivity contribution in [2.24, 2.45) is 0 Å². The first kappa shape index (κ1) is 21.0. The molecule has 0 unspecified atom stereocenters. The summed E-state index contributed by atoms with van der Waals surface area (Å²) in [4.78, 5) is 37.9. The Bertz CT molecular complexity index is 1570. The summed E-state index contributed by atoms with van der Waals surface area (Å²) in [5.74, 6) is 0. The molecule has 1 aliphatic heterocycles. The van der Waals surface area contributed by atoms with Gasteiger partial charge in [0.25, 0.3) is 0 Å². The highest BCUT2D eigenvalue weighted by molar-refractivity contribution is 6.01. The minimum atomic E-state index is -0.175. The molecular formula is C25H21N7O3. The van der Waals surface area contributed by atoms with Gasteiger partial charge in [0, 0.05) is 58.5 Å². The van der Waals surface area contributed by atoms with E-state index in [1.807, 2.05) is 30.3 Å². The molecular weight excluding hydrogens is 446 g/mol. The molecule has 1 fully saturated rings. The fraction of sp³-hybridized carbons (Fsp3) is 0.160. The van der Waals surface area contributed by atoms with Crippen molar-refractivity contribution in [1.29, 1.82) is 0 Å². The molecule has 10 nitrogen and oxygen atoms in total. The Morgan fingerprint density at radius 3 is 2.77 bits per heavy atom. The molecule has 0 spiro atoms. The van der Waals surface area contributed by atoms with Crippen molar-refractivity contribution in [2.75, 3.05) is 31.6 Å². The number of rotatable bonds is 4. The van der Waals surface area contributed by atoms with E-state index in [0.717, 1.165) is 39.4 Å². The van der Waals surface area contributed by atoms with Crippen LogP contribution in [0.25, 0.3) is 44.5 Å². The lowest BCUT2D eigenvalue weighted by atomic mass is 10.1. The molecule has 0 saturated carbocycles. The number of ether oxygens (including phenoxy) is 1. The number of pyridine rings is 2. The summed E-state index contributed by atoms with van der Waals surface area (Å²) in [5, 5.41) is 12.0. The first-order chi connectivity index (χ1) is 17.2. The van der Waals surface area contributed by atoms with E-state index < -0.39 is 0 Å². The zero-order chi connectivity index (χ0) is 23.8. The highest BCUT2D eigenvalue weighted by Gasteiger charge is 2.18. The number of carbonyl (C=O) groups is 2. The van der Waals surface area contributed by atoms with Gasteiger partial charge >= 0.3 is 6.03 Å². The van der Waals surface area contributed by atoms with Gasteiger partial charge in [-0.25, -0.2) is 9.78 Å². The third kappa shape index (κ3) is 3.89. The maximum atomic E-state index is 12.6. The summed E-state index contributed by atoms with van der Waals surface area (Å²) in [6.45, 7) is 2.20. The van der Waals surface area contributed by atoms with Gasteiger partial charge in [-0.3, -0.25) is 14.9 Å². The smallest absolute Gasteiger partial charge is 0.322 e. The molecule has 35 heavy (non-hydrogen) atoms. The first-order valence-electron chi connectivity index (χ1n) is 11.2.